The Hall–Kier alpha value is -3.06. The van der Waals surface area contributed by atoms with Crippen molar-refractivity contribution in [3.05, 3.63) is 88.4 Å². The van der Waals surface area contributed by atoms with Crippen molar-refractivity contribution in [2.24, 2.45) is 5.92 Å². The molecule has 2 unspecified atom stereocenters. The Morgan fingerprint density at radius 3 is 2.39 bits per heavy atom. The zero-order valence-corrected chi connectivity index (χ0v) is 18.7. The van der Waals surface area contributed by atoms with Crippen molar-refractivity contribution in [1.82, 2.24) is 14.5 Å². The van der Waals surface area contributed by atoms with Gasteiger partial charge >= 0.3 is 0 Å². The molecule has 2 aromatic carbocycles. The number of carbonyl (C=O) groups is 3. The number of nitrogens with zero attached hydrogens (tertiary/aromatic N) is 3. The van der Waals surface area contributed by atoms with Crippen molar-refractivity contribution in [1.29, 1.82) is 0 Å². The summed E-state index contributed by atoms with van der Waals surface area (Å²) in [6.45, 7) is 3.03. The Morgan fingerprint density at radius 2 is 1.74 bits per heavy atom. The summed E-state index contributed by atoms with van der Waals surface area (Å²) in [5.41, 5.74) is 2.29. The van der Waals surface area contributed by atoms with Gasteiger partial charge in [0.2, 0.25) is 5.78 Å². The second kappa shape index (κ2) is 8.98. The third-order valence-electron chi connectivity index (χ3n) is 5.61. The van der Waals surface area contributed by atoms with E-state index in [2.05, 4.69) is 20.9 Å². The minimum absolute atomic E-state index is 0.325. The number of likely N-dealkylation sites (tertiary alicyclic amines) is 1. The van der Waals surface area contributed by atoms with Gasteiger partial charge < -0.3 is 9.47 Å². The van der Waals surface area contributed by atoms with Gasteiger partial charge in [0.05, 0.1) is 12.4 Å². The lowest BCUT2D eigenvalue weighted by Gasteiger charge is -2.27. The van der Waals surface area contributed by atoms with Crippen LogP contribution in [-0.2, 0) is 16.1 Å². The molecule has 2 heterocycles. The number of rotatable bonds is 7. The molecule has 1 aromatic heterocycles. The summed E-state index contributed by atoms with van der Waals surface area (Å²) in [6, 6.07) is 13.9. The lowest BCUT2D eigenvalue weighted by Crippen LogP contribution is -2.32. The number of aryl methyl sites for hydroxylation is 2. The van der Waals surface area contributed by atoms with Gasteiger partial charge in [-0.05, 0) is 31.0 Å². The molecule has 1 aliphatic heterocycles. The van der Waals surface area contributed by atoms with E-state index in [0.717, 1.165) is 15.6 Å². The summed E-state index contributed by atoms with van der Waals surface area (Å²) in [5, 5.41) is 0. The van der Waals surface area contributed by atoms with Gasteiger partial charge in [-0.15, -0.1) is 0 Å². The normalized spacial score (nSPS) is 18.6. The quantitative estimate of drug-likeness (QED) is 0.291. The molecule has 4 rings (SSSR count). The molecule has 0 saturated carbocycles. The Morgan fingerprint density at radius 1 is 1.03 bits per heavy atom. The first-order valence-corrected chi connectivity index (χ1v) is 10.9. The van der Waals surface area contributed by atoms with Crippen molar-refractivity contribution in [3.63, 3.8) is 0 Å². The van der Waals surface area contributed by atoms with E-state index in [9.17, 15) is 14.4 Å². The van der Waals surface area contributed by atoms with Gasteiger partial charge in [0.25, 0.3) is 5.91 Å². The zero-order chi connectivity index (χ0) is 22.0. The summed E-state index contributed by atoms with van der Waals surface area (Å²) in [5.74, 6) is -2.61. The van der Waals surface area contributed by atoms with E-state index in [0.29, 0.717) is 25.1 Å². The van der Waals surface area contributed by atoms with E-state index in [1.807, 2.05) is 42.0 Å². The first-order chi connectivity index (χ1) is 15.0. The fourth-order valence-corrected chi connectivity index (χ4v) is 4.26. The zero-order valence-electron chi connectivity index (χ0n) is 17.1. The lowest BCUT2D eigenvalue weighted by atomic mass is 9.86. The van der Waals surface area contributed by atoms with Crippen LogP contribution in [0.25, 0.3) is 0 Å². The van der Waals surface area contributed by atoms with Crippen LogP contribution in [0.4, 0.5) is 0 Å². The van der Waals surface area contributed by atoms with E-state index < -0.39 is 23.7 Å². The molecular formula is C24H22BrN3O3. The van der Waals surface area contributed by atoms with Crippen molar-refractivity contribution >= 4 is 33.4 Å². The molecule has 3 aromatic rings. The number of aromatic nitrogens is 2. The minimum Gasteiger partial charge on any atom is -0.337 e. The van der Waals surface area contributed by atoms with Gasteiger partial charge in [-0.3, -0.25) is 14.4 Å². The number of hydrogen-bond donors (Lipinski definition) is 0. The average molecular weight is 480 g/mol. The minimum atomic E-state index is -1.05. The van der Waals surface area contributed by atoms with Crippen LogP contribution in [0.2, 0.25) is 0 Å². The summed E-state index contributed by atoms with van der Waals surface area (Å²) in [7, 11) is 0. The summed E-state index contributed by atoms with van der Waals surface area (Å²) in [4.78, 5) is 44.9. The van der Waals surface area contributed by atoms with E-state index in [-0.39, 0.29) is 5.78 Å². The SMILES string of the molecule is Cc1ccc(C2C(C(=O)c3ccc(Br)cc3)C(=O)C(=O)N2CCCn2ccnc2)cc1. The highest BCUT2D eigenvalue weighted by Crippen LogP contribution is 2.38. The molecule has 1 aliphatic rings. The van der Waals surface area contributed by atoms with Crippen molar-refractivity contribution in [2.45, 2.75) is 25.9 Å². The summed E-state index contributed by atoms with van der Waals surface area (Å²) < 4.78 is 2.77. The number of hydrogen-bond acceptors (Lipinski definition) is 4. The highest BCUT2D eigenvalue weighted by molar-refractivity contribution is 9.10. The number of ketones is 2. The second-order valence-corrected chi connectivity index (χ2v) is 8.64. The predicted molar refractivity (Wildman–Crippen MR) is 119 cm³/mol. The summed E-state index contributed by atoms with van der Waals surface area (Å²) in [6.07, 6.45) is 5.92. The van der Waals surface area contributed by atoms with Crippen molar-refractivity contribution in [2.75, 3.05) is 6.54 Å². The van der Waals surface area contributed by atoms with E-state index in [1.54, 1.807) is 41.7 Å². The third-order valence-corrected chi connectivity index (χ3v) is 6.14. The Balaban J connectivity index is 1.65. The van der Waals surface area contributed by atoms with Crippen molar-refractivity contribution < 1.29 is 14.4 Å². The van der Waals surface area contributed by atoms with E-state index in [1.165, 1.54) is 0 Å². The third kappa shape index (κ3) is 4.37. The maximum atomic E-state index is 13.3. The molecule has 1 saturated heterocycles. The van der Waals surface area contributed by atoms with Gasteiger partial charge in [-0.2, -0.15) is 0 Å². The predicted octanol–water partition coefficient (Wildman–Crippen LogP) is 4.00. The average Bonchev–Trinajstić information content (AvgIpc) is 3.37. The van der Waals surface area contributed by atoms with Crippen LogP contribution >= 0.6 is 15.9 Å². The molecule has 0 bridgehead atoms. The highest BCUT2D eigenvalue weighted by Gasteiger charge is 2.51. The fraction of sp³-hybridized carbons (Fsp3) is 0.250. The first-order valence-electron chi connectivity index (χ1n) is 10.1. The Kier molecular flexibility index (Phi) is 6.13. The Labute approximate surface area is 189 Å². The molecule has 7 heteroatoms. The van der Waals surface area contributed by atoms with Crippen LogP contribution in [-0.4, -0.2) is 38.5 Å². The maximum absolute atomic E-state index is 13.3. The monoisotopic (exact) mass is 479 g/mol. The van der Waals surface area contributed by atoms with Gasteiger partial charge in [0, 0.05) is 35.5 Å². The molecule has 1 fully saturated rings. The molecule has 6 nitrogen and oxygen atoms in total. The molecule has 2 atom stereocenters. The van der Waals surface area contributed by atoms with E-state index in [4.69, 9.17) is 0 Å². The van der Waals surface area contributed by atoms with Crippen LogP contribution in [0.3, 0.4) is 0 Å². The topological polar surface area (TPSA) is 72.3 Å². The molecule has 0 aliphatic carbocycles. The van der Waals surface area contributed by atoms with Crippen LogP contribution in [0.1, 0.15) is 33.9 Å². The smallest absolute Gasteiger partial charge is 0.291 e. The van der Waals surface area contributed by atoms with Crippen LogP contribution in [0, 0.1) is 12.8 Å². The molecule has 0 N–H and O–H groups in total. The lowest BCUT2D eigenvalue weighted by molar-refractivity contribution is -0.140. The highest BCUT2D eigenvalue weighted by atomic mass is 79.9. The van der Waals surface area contributed by atoms with Gasteiger partial charge in [0.1, 0.15) is 5.92 Å². The first kappa shape index (κ1) is 21.2. The molecular weight excluding hydrogens is 458 g/mol. The number of benzene rings is 2. The second-order valence-electron chi connectivity index (χ2n) is 7.72. The van der Waals surface area contributed by atoms with E-state index >= 15 is 0 Å². The van der Waals surface area contributed by atoms with Gasteiger partial charge in [-0.25, -0.2) is 4.98 Å². The summed E-state index contributed by atoms with van der Waals surface area (Å²) >= 11 is 3.36. The molecule has 1 amide bonds. The number of Topliss-reactive ketones (excluding diaryl/α,β-unsaturated/α-hetero) is 2. The van der Waals surface area contributed by atoms with Gasteiger partial charge in [0.15, 0.2) is 5.78 Å². The largest absolute Gasteiger partial charge is 0.337 e. The standard InChI is InChI=1S/C24H22BrN3O3/c1-16-3-5-17(6-4-16)21-20(22(29)18-7-9-19(25)10-8-18)23(30)24(31)28(21)13-2-12-27-14-11-26-15-27/h3-11,14-15,20-21H,2,12-13H2,1H3. The number of halogens is 1. The Bertz CT molecular complexity index is 1090. The number of carbonyl (C=O) groups excluding carboxylic acids is 3. The van der Waals surface area contributed by atoms with Gasteiger partial charge in [-0.1, -0.05) is 57.9 Å². The molecule has 158 valence electrons. The fourth-order valence-electron chi connectivity index (χ4n) is 4.00. The number of imidazole rings is 1. The number of amides is 1. The van der Waals surface area contributed by atoms with Crippen LogP contribution in [0.15, 0.2) is 71.7 Å². The maximum Gasteiger partial charge on any atom is 0.291 e. The van der Waals surface area contributed by atoms with Crippen LogP contribution < -0.4 is 0 Å². The van der Waals surface area contributed by atoms with Crippen molar-refractivity contribution in [3.8, 4) is 0 Å². The molecule has 0 spiro atoms. The molecule has 0 radical (unpaired) electrons. The molecule has 31 heavy (non-hydrogen) atoms. The van der Waals surface area contributed by atoms with Crippen LogP contribution in [0.5, 0.6) is 0 Å².